The van der Waals surface area contributed by atoms with Gasteiger partial charge in [0.15, 0.2) is 5.75 Å². The number of carbonyl (C=O) groups excluding carboxylic acids is 1. The van der Waals surface area contributed by atoms with Crippen molar-refractivity contribution in [1.82, 2.24) is 14.8 Å². The molecule has 8 heteroatoms. The van der Waals surface area contributed by atoms with Crippen molar-refractivity contribution < 1.29 is 19.0 Å². The van der Waals surface area contributed by atoms with E-state index < -0.39 is 0 Å². The number of aromatic nitrogens is 1. The molecule has 0 aliphatic carbocycles. The van der Waals surface area contributed by atoms with Gasteiger partial charge in [-0.15, -0.1) is 0 Å². The molecule has 0 atom stereocenters. The van der Waals surface area contributed by atoms with Crippen LogP contribution in [0, 0.1) is 13.8 Å². The van der Waals surface area contributed by atoms with Gasteiger partial charge in [0, 0.05) is 44.9 Å². The normalized spacial score (nSPS) is 13.5. The van der Waals surface area contributed by atoms with Crippen LogP contribution in [0.2, 0.25) is 5.02 Å². The molecule has 2 heterocycles. The number of nitrogens with zero attached hydrogens (tertiary/aromatic N) is 3. The van der Waals surface area contributed by atoms with E-state index in [1.165, 1.54) is 16.7 Å². The van der Waals surface area contributed by atoms with Crippen LogP contribution >= 0.6 is 11.6 Å². The smallest absolute Gasteiger partial charge is 0.246 e. The van der Waals surface area contributed by atoms with Crippen LogP contribution in [0.25, 0.3) is 6.08 Å². The maximum atomic E-state index is 13.1. The maximum absolute atomic E-state index is 13.1. The van der Waals surface area contributed by atoms with Crippen LogP contribution in [0.5, 0.6) is 23.1 Å². The van der Waals surface area contributed by atoms with Crippen molar-refractivity contribution in [3.63, 3.8) is 0 Å². The van der Waals surface area contributed by atoms with Gasteiger partial charge in [-0.2, -0.15) is 0 Å². The Labute approximate surface area is 312 Å². The molecule has 0 bridgehead atoms. The van der Waals surface area contributed by atoms with Crippen molar-refractivity contribution in [1.29, 1.82) is 0 Å². The third-order valence-corrected chi connectivity index (χ3v) is 9.46. The van der Waals surface area contributed by atoms with Crippen molar-refractivity contribution in [2.75, 3.05) is 26.2 Å². The minimum absolute atomic E-state index is 0.00848. The van der Waals surface area contributed by atoms with Gasteiger partial charge in [0.2, 0.25) is 11.8 Å². The molecule has 1 aromatic heterocycles. The van der Waals surface area contributed by atoms with Gasteiger partial charge in [-0.05, 0) is 89.6 Å². The maximum Gasteiger partial charge on any atom is 0.246 e. The highest BCUT2D eigenvalue weighted by Gasteiger charge is 2.20. The van der Waals surface area contributed by atoms with Crippen LogP contribution in [-0.2, 0) is 24.6 Å². The summed E-state index contributed by atoms with van der Waals surface area (Å²) in [5, 5.41) is 0.444. The Kier molecular flexibility index (Phi) is 12.3. The standard InChI is InChI=1S/C44H46ClN3O4/c1-31(2)38-14-16-39(17-15-38)50-29-36-11-9-34(10-12-36)28-47-21-23-48(24-22-47)43(49)20-13-37-25-33(4)44(41(45)26-37)52-42-19-18-40(27-46-42)51-30-35-7-5-32(3)6-8-35/h5-20,25-27,31H,21-24,28-30H2,1-4H3/b20-13+. The van der Waals surface area contributed by atoms with Gasteiger partial charge in [-0.1, -0.05) is 91.7 Å². The molecule has 1 amide bonds. The van der Waals surface area contributed by atoms with E-state index in [0.29, 0.717) is 54.6 Å². The van der Waals surface area contributed by atoms with Crippen molar-refractivity contribution >= 4 is 23.6 Å². The van der Waals surface area contributed by atoms with Gasteiger partial charge >= 0.3 is 0 Å². The Balaban J connectivity index is 0.937. The molecule has 5 aromatic rings. The number of hydrogen-bond acceptors (Lipinski definition) is 6. The first-order valence-electron chi connectivity index (χ1n) is 17.8. The predicted octanol–water partition coefficient (Wildman–Crippen LogP) is 9.78. The summed E-state index contributed by atoms with van der Waals surface area (Å²) in [6.45, 7) is 13.2. The zero-order valence-corrected chi connectivity index (χ0v) is 31.1. The van der Waals surface area contributed by atoms with E-state index >= 15 is 0 Å². The Hall–Kier alpha value is -5.11. The first kappa shape index (κ1) is 36.7. The zero-order chi connectivity index (χ0) is 36.5. The van der Waals surface area contributed by atoms with E-state index in [2.05, 4.69) is 91.3 Å². The monoisotopic (exact) mass is 715 g/mol. The Morgan fingerprint density at radius 1 is 0.788 bits per heavy atom. The Morgan fingerprint density at radius 3 is 2.02 bits per heavy atom. The summed E-state index contributed by atoms with van der Waals surface area (Å²) in [5.41, 5.74) is 7.67. The Bertz CT molecular complexity index is 1930. The second kappa shape index (κ2) is 17.4. The lowest BCUT2D eigenvalue weighted by atomic mass is 10.0. The third-order valence-electron chi connectivity index (χ3n) is 9.18. The fraction of sp³-hybridized carbons (Fsp3) is 0.273. The summed E-state index contributed by atoms with van der Waals surface area (Å²) in [6.07, 6.45) is 5.07. The number of aryl methyl sites for hydroxylation is 2. The number of hydrogen-bond donors (Lipinski definition) is 0. The van der Waals surface area contributed by atoms with E-state index in [9.17, 15) is 4.79 Å². The van der Waals surface area contributed by atoms with Gasteiger partial charge in [-0.25, -0.2) is 4.98 Å². The number of halogens is 1. The van der Waals surface area contributed by atoms with Crippen LogP contribution in [0.1, 0.15) is 58.7 Å². The fourth-order valence-corrected chi connectivity index (χ4v) is 6.28. The predicted molar refractivity (Wildman–Crippen MR) is 208 cm³/mol. The van der Waals surface area contributed by atoms with Gasteiger partial charge in [0.1, 0.15) is 24.7 Å². The molecule has 0 saturated carbocycles. The number of amides is 1. The summed E-state index contributed by atoms with van der Waals surface area (Å²) in [5.74, 6) is 2.97. The van der Waals surface area contributed by atoms with Gasteiger partial charge in [0.05, 0.1) is 11.2 Å². The SMILES string of the molecule is Cc1ccc(COc2ccc(Oc3c(C)cc(/C=C/C(=O)N4CCN(Cc5ccc(COc6ccc(C(C)C)cc6)cc5)CC4)cc3Cl)nc2)cc1. The summed E-state index contributed by atoms with van der Waals surface area (Å²) < 4.78 is 17.9. The quantitative estimate of drug-likeness (QED) is 0.113. The molecule has 268 valence electrons. The van der Waals surface area contributed by atoms with E-state index in [1.807, 2.05) is 42.2 Å². The molecular weight excluding hydrogens is 670 g/mol. The van der Waals surface area contributed by atoms with Crippen LogP contribution in [-0.4, -0.2) is 46.9 Å². The van der Waals surface area contributed by atoms with E-state index in [-0.39, 0.29) is 5.91 Å². The summed E-state index contributed by atoms with van der Waals surface area (Å²) in [7, 11) is 0. The van der Waals surface area contributed by atoms with Crippen molar-refractivity contribution in [3.8, 4) is 23.1 Å². The highest BCUT2D eigenvalue weighted by atomic mass is 35.5. The minimum atomic E-state index is -0.00848. The number of piperazine rings is 1. The molecule has 1 saturated heterocycles. The minimum Gasteiger partial charge on any atom is -0.489 e. The lowest BCUT2D eigenvalue weighted by molar-refractivity contribution is -0.127. The molecule has 7 nitrogen and oxygen atoms in total. The largest absolute Gasteiger partial charge is 0.489 e. The topological polar surface area (TPSA) is 64.1 Å². The average Bonchev–Trinajstić information content (AvgIpc) is 3.16. The highest BCUT2D eigenvalue weighted by Crippen LogP contribution is 2.34. The first-order valence-corrected chi connectivity index (χ1v) is 18.2. The Morgan fingerprint density at radius 2 is 1.40 bits per heavy atom. The molecular formula is C44H46ClN3O4. The van der Waals surface area contributed by atoms with E-state index in [1.54, 1.807) is 24.4 Å². The second-order valence-corrected chi connectivity index (χ2v) is 14.0. The zero-order valence-electron chi connectivity index (χ0n) is 30.3. The first-order chi connectivity index (χ1) is 25.2. The molecule has 1 aliphatic heterocycles. The number of ether oxygens (including phenoxy) is 3. The number of benzene rings is 4. The van der Waals surface area contributed by atoms with Crippen molar-refractivity contribution in [2.45, 2.75) is 53.4 Å². The second-order valence-electron chi connectivity index (χ2n) is 13.6. The number of rotatable bonds is 13. The molecule has 1 fully saturated rings. The molecule has 0 radical (unpaired) electrons. The van der Waals surface area contributed by atoms with E-state index in [4.69, 9.17) is 25.8 Å². The molecule has 52 heavy (non-hydrogen) atoms. The summed E-state index contributed by atoms with van der Waals surface area (Å²) in [6, 6.07) is 32.5. The van der Waals surface area contributed by atoms with Crippen molar-refractivity contribution in [3.05, 3.63) is 153 Å². The van der Waals surface area contributed by atoms with Gasteiger partial charge in [0.25, 0.3) is 0 Å². The fourth-order valence-electron chi connectivity index (χ4n) is 5.96. The molecule has 0 unspecified atom stereocenters. The molecule has 0 spiro atoms. The lowest BCUT2D eigenvalue weighted by Gasteiger charge is -2.34. The average molecular weight is 716 g/mol. The van der Waals surface area contributed by atoms with Crippen LogP contribution < -0.4 is 14.2 Å². The highest BCUT2D eigenvalue weighted by molar-refractivity contribution is 6.32. The molecule has 4 aromatic carbocycles. The number of carbonyl (C=O) groups is 1. The lowest BCUT2D eigenvalue weighted by Crippen LogP contribution is -2.47. The number of pyridine rings is 1. The van der Waals surface area contributed by atoms with E-state index in [0.717, 1.165) is 47.6 Å². The summed E-state index contributed by atoms with van der Waals surface area (Å²) in [4.78, 5) is 21.7. The molecule has 0 N–H and O–H groups in total. The van der Waals surface area contributed by atoms with Crippen molar-refractivity contribution in [2.24, 2.45) is 0 Å². The summed E-state index contributed by atoms with van der Waals surface area (Å²) >= 11 is 6.64. The van der Waals surface area contributed by atoms with Gasteiger partial charge in [-0.3, -0.25) is 9.69 Å². The molecule has 1 aliphatic rings. The third kappa shape index (κ3) is 10.2. The van der Waals surface area contributed by atoms with Crippen LogP contribution in [0.3, 0.4) is 0 Å². The van der Waals surface area contributed by atoms with Crippen LogP contribution in [0.15, 0.2) is 109 Å². The van der Waals surface area contributed by atoms with Crippen LogP contribution in [0.4, 0.5) is 0 Å². The van der Waals surface area contributed by atoms with Gasteiger partial charge < -0.3 is 19.1 Å². The molecule has 6 rings (SSSR count).